The molecule has 0 heterocycles. The molecular formula is C8H16O3Si. The zero-order chi connectivity index (χ0) is 9.78. The SMILES string of the molecule is CC(=O)C(=O)OCC[Si](C)(C)C. The Hall–Kier alpha value is -0.643. The maximum absolute atomic E-state index is 10.7. The fraction of sp³-hybridized carbons (Fsp3) is 0.750. The van der Waals surface area contributed by atoms with Gasteiger partial charge in [-0.15, -0.1) is 0 Å². The molecule has 0 rings (SSSR count). The summed E-state index contributed by atoms with van der Waals surface area (Å²) in [5.41, 5.74) is 0. The highest BCUT2D eigenvalue weighted by molar-refractivity contribution is 6.76. The molecule has 0 aromatic heterocycles. The van der Waals surface area contributed by atoms with Crippen molar-refractivity contribution in [3.8, 4) is 0 Å². The minimum atomic E-state index is -1.15. The zero-order valence-electron chi connectivity index (χ0n) is 8.14. The van der Waals surface area contributed by atoms with E-state index in [2.05, 4.69) is 19.6 Å². The van der Waals surface area contributed by atoms with Crippen molar-refractivity contribution in [2.45, 2.75) is 32.6 Å². The van der Waals surface area contributed by atoms with E-state index < -0.39 is 19.8 Å². The molecule has 3 nitrogen and oxygen atoms in total. The average Bonchev–Trinajstić information content (AvgIpc) is 1.84. The van der Waals surface area contributed by atoms with Gasteiger partial charge in [0, 0.05) is 15.0 Å². The van der Waals surface area contributed by atoms with Crippen LogP contribution in [0.3, 0.4) is 0 Å². The monoisotopic (exact) mass is 188 g/mol. The Labute approximate surface area is 74.1 Å². The van der Waals surface area contributed by atoms with E-state index >= 15 is 0 Å². The zero-order valence-corrected chi connectivity index (χ0v) is 9.14. The van der Waals surface area contributed by atoms with Crippen LogP contribution in [0.25, 0.3) is 0 Å². The quantitative estimate of drug-likeness (QED) is 0.381. The van der Waals surface area contributed by atoms with Gasteiger partial charge in [0.15, 0.2) is 0 Å². The topological polar surface area (TPSA) is 43.4 Å². The van der Waals surface area contributed by atoms with Crippen LogP contribution in [0.4, 0.5) is 0 Å². The van der Waals surface area contributed by atoms with Crippen molar-refractivity contribution < 1.29 is 14.3 Å². The van der Waals surface area contributed by atoms with Crippen molar-refractivity contribution in [1.29, 1.82) is 0 Å². The molecule has 0 atom stereocenters. The van der Waals surface area contributed by atoms with Crippen LogP contribution in [0.15, 0.2) is 0 Å². The molecule has 70 valence electrons. The molecule has 0 bridgehead atoms. The lowest BCUT2D eigenvalue weighted by atomic mass is 10.5. The molecule has 0 amide bonds. The lowest BCUT2D eigenvalue weighted by Crippen LogP contribution is -2.24. The highest BCUT2D eigenvalue weighted by Gasteiger charge is 2.15. The minimum Gasteiger partial charge on any atom is -0.460 e. The molecule has 0 unspecified atom stereocenters. The van der Waals surface area contributed by atoms with Crippen LogP contribution in [0.2, 0.25) is 25.7 Å². The van der Waals surface area contributed by atoms with Gasteiger partial charge < -0.3 is 4.74 Å². The van der Waals surface area contributed by atoms with Crippen molar-refractivity contribution in [1.82, 2.24) is 0 Å². The summed E-state index contributed by atoms with van der Waals surface area (Å²) in [6.07, 6.45) is 0. The number of esters is 1. The van der Waals surface area contributed by atoms with E-state index in [-0.39, 0.29) is 0 Å². The summed E-state index contributed by atoms with van der Waals surface area (Å²) in [5.74, 6) is -1.24. The van der Waals surface area contributed by atoms with Gasteiger partial charge in [-0.3, -0.25) is 4.79 Å². The summed E-state index contributed by atoms with van der Waals surface area (Å²) in [6.45, 7) is 8.17. The highest BCUT2D eigenvalue weighted by Crippen LogP contribution is 2.07. The predicted molar refractivity (Wildman–Crippen MR) is 49.8 cm³/mol. The normalized spacial score (nSPS) is 11.0. The first-order valence-corrected chi connectivity index (χ1v) is 7.71. The Balaban J connectivity index is 3.58. The van der Waals surface area contributed by atoms with E-state index in [1.54, 1.807) is 0 Å². The van der Waals surface area contributed by atoms with Crippen LogP contribution in [-0.2, 0) is 14.3 Å². The summed E-state index contributed by atoms with van der Waals surface area (Å²) in [4.78, 5) is 21.1. The molecule has 0 saturated carbocycles. The summed E-state index contributed by atoms with van der Waals surface area (Å²) in [5, 5.41) is 0. The standard InChI is InChI=1S/C8H16O3Si/c1-7(9)8(10)11-5-6-12(2,3)4/h5-6H2,1-4H3. The van der Waals surface area contributed by atoms with Crippen molar-refractivity contribution in [3.63, 3.8) is 0 Å². The van der Waals surface area contributed by atoms with Crippen LogP contribution < -0.4 is 0 Å². The lowest BCUT2D eigenvalue weighted by Gasteiger charge is -2.14. The van der Waals surface area contributed by atoms with Crippen LogP contribution in [-0.4, -0.2) is 26.4 Å². The second kappa shape index (κ2) is 4.40. The van der Waals surface area contributed by atoms with E-state index in [1.807, 2.05) is 0 Å². The third-order valence-corrected chi connectivity index (χ3v) is 3.08. The average molecular weight is 188 g/mol. The number of hydrogen-bond acceptors (Lipinski definition) is 3. The molecule has 0 spiro atoms. The number of rotatable bonds is 4. The number of ketones is 1. The first-order chi connectivity index (χ1) is 5.33. The van der Waals surface area contributed by atoms with E-state index in [1.165, 1.54) is 6.92 Å². The second-order valence-electron chi connectivity index (χ2n) is 4.00. The smallest absolute Gasteiger partial charge is 0.374 e. The van der Waals surface area contributed by atoms with Crippen molar-refractivity contribution in [2.24, 2.45) is 0 Å². The fourth-order valence-electron chi connectivity index (χ4n) is 0.552. The maximum atomic E-state index is 10.7. The molecule has 0 aliphatic carbocycles. The van der Waals surface area contributed by atoms with Crippen molar-refractivity contribution in [2.75, 3.05) is 6.61 Å². The molecule has 0 saturated heterocycles. The van der Waals surface area contributed by atoms with Crippen LogP contribution in [0.5, 0.6) is 0 Å². The third kappa shape index (κ3) is 6.09. The van der Waals surface area contributed by atoms with Gasteiger partial charge in [-0.1, -0.05) is 19.6 Å². The van der Waals surface area contributed by atoms with Gasteiger partial charge in [0.25, 0.3) is 0 Å². The summed E-state index contributed by atoms with van der Waals surface area (Å²) < 4.78 is 4.73. The molecule has 0 aliphatic rings. The Bertz CT molecular complexity index is 181. The second-order valence-corrected chi connectivity index (χ2v) is 9.62. The van der Waals surface area contributed by atoms with E-state index in [9.17, 15) is 9.59 Å². The number of carbonyl (C=O) groups excluding carboxylic acids is 2. The summed E-state index contributed by atoms with van der Waals surface area (Å²) in [6, 6.07) is 0.909. The molecule has 0 N–H and O–H groups in total. The van der Waals surface area contributed by atoms with Gasteiger partial charge in [0.1, 0.15) is 0 Å². The van der Waals surface area contributed by atoms with Gasteiger partial charge in [-0.05, 0) is 6.04 Å². The van der Waals surface area contributed by atoms with E-state index in [0.717, 1.165) is 6.04 Å². The van der Waals surface area contributed by atoms with Crippen molar-refractivity contribution in [3.05, 3.63) is 0 Å². The highest BCUT2D eigenvalue weighted by atomic mass is 28.3. The molecule has 0 aromatic rings. The number of hydrogen-bond donors (Lipinski definition) is 0. The van der Waals surface area contributed by atoms with Gasteiger partial charge in [0.2, 0.25) is 5.78 Å². The molecule has 0 radical (unpaired) electrons. The lowest BCUT2D eigenvalue weighted by molar-refractivity contribution is -0.152. The Morgan fingerprint density at radius 3 is 2.08 bits per heavy atom. The first-order valence-electron chi connectivity index (χ1n) is 4.00. The Morgan fingerprint density at radius 1 is 1.25 bits per heavy atom. The molecule has 4 heteroatoms. The molecule has 0 aliphatic heterocycles. The molecule has 0 fully saturated rings. The number of ether oxygens (including phenoxy) is 1. The van der Waals surface area contributed by atoms with Gasteiger partial charge in [-0.2, -0.15) is 0 Å². The Kier molecular flexibility index (Phi) is 4.16. The first kappa shape index (κ1) is 11.4. The largest absolute Gasteiger partial charge is 0.460 e. The minimum absolute atomic E-state index is 0.383. The van der Waals surface area contributed by atoms with Gasteiger partial charge in [0.05, 0.1) is 6.61 Å². The van der Waals surface area contributed by atoms with Crippen molar-refractivity contribution >= 4 is 19.8 Å². The van der Waals surface area contributed by atoms with Gasteiger partial charge >= 0.3 is 5.97 Å². The maximum Gasteiger partial charge on any atom is 0.374 e. The molecule has 0 aromatic carbocycles. The molecule has 12 heavy (non-hydrogen) atoms. The van der Waals surface area contributed by atoms with Crippen LogP contribution in [0, 0.1) is 0 Å². The number of Topliss-reactive ketones (excluding diaryl/α,β-unsaturated/α-hetero) is 1. The number of carbonyl (C=O) groups is 2. The summed E-state index contributed by atoms with van der Waals surface area (Å²) in [7, 11) is -1.15. The van der Waals surface area contributed by atoms with Crippen LogP contribution in [0.1, 0.15) is 6.92 Å². The fourth-order valence-corrected chi connectivity index (χ4v) is 1.27. The Morgan fingerprint density at radius 2 is 1.75 bits per heavy atom. The predicted octanol–water partition coefficient (Wildman–Crippen LogP) is 1.46. The van der Waals surface area contributed by atoms with E-state index in [4.69, 9.17) is 4.74 Å². The van der Waals surface area contributed by atoms with Gasteiger partial charge in [-0.25, -0.2) is 4.79 Å². The molecular weight excluding hydrogens is 172 g/mol. The third-order valence-electron chi connectivity index (χ3n) is 1.37. The summed E-state index contributed by atoms with van der Waals surface area (Å²) >= 11 is 0. The van der Waals surface area contributed by atoms with Crippen LogP contribution >= 0.6 is 0 Å². The van der Waals surface area contributed by atoms with E-state index in [0.29, 0.717) is 6.61 Å².